The Morgan fingerprint density at radius 2 is 1.97 bits per heavy atom. The number of allylic oxidation sites excluding steroid dienone is 2. The topological polar surface area (TPSA) is 69.7 Å². The summed E-state index contributed by atoms with van der Waals surface area (Å²) in [7, 11) is 4.98. The number of aliphatic hydroxyl groups is 1. The molecule has 6 nitrogen and oxygen atoms in total. The maximum Gasteiger partial charge on any atom is 0.183 e. The van der Waals surface area contributed by atoms with Crippen LogP contribution in [0.5, 0.6) is 0 Å². The number of rotatable bonds is 5. The lowest BCUT2D eigenvalue weighted by Gasteiger charge is -2.43. The van der Waals surface area contributed by atoms with E-state index in [0.29, 0.717) is 6.42 Å². The minimum Gasteiger partial charge on any atom is -0.390 e. The quantitative estimate of drug-likeness (QED) is 0.556. The van der Waals surface area contributed by atoms with Crippen LogP contribution < -0.4 is 0 Å². The first-order valence-electron chi connectivity index (χ1n) is 10.3. The Morgan fingerprint density at radius 1 is 1.24 bits per heavy atom. The van der Waals surface area contributed by atoms with Gasteiger partial charge in [-0.15, -0.1) is 0 Å². The molecular weight excluding hydrogens is 372 g/mol. The molecule has 1 aliphatic carbocycles. The highest BCUT2D eigenvalue weighted by molar-refractivity contribution is 5.27. The molecule has 1 N–H and O–H groups in total. The van der Waals surface area contributed by atoms with Crippen LogP contribution in [-0.4, -0.2) is 62.4 Å². The number of ether oxygens (including phenoxy) is 5. The summed E-state index contributed by atoms with van der Waals surface area (Å²) in [6.45, 7) is 10.4. The van der Waals surface area contributed by atoms with Crippen molar-refractivity contribution in [2.24, 2.45) is 11.8 Å². The van der Waals surface area contributed by atoms with Gasteiger partial charge in [0.05, 0.1) is 17.3 Å². The van der Waals surface area contributed by atoms with Gasteiger partial charge in [0, 0.05) is 27.2 Å². The van der Waals surface area contributed by atoms with Crippen LogP contribution in [0.4, 0.5) is 0 Å². The fourth-order valence-corrected chi connectivity index (χ4v) is 4.63. The van der Waals surface area contributed by atoms with E-state index in [4.69, 9.17) is 23.7 Å². The van der Waals surface area contributed by atoms with Gasteiger partial charge in [0.15, 0.2) is 12.6 Å². The Morgan fingerprint density at radius 3 is 2.59 bits per heavy atom. The second kappa shape index (κ2) is 8.61. The number of fused-ring (bicyclic) bond motifs is 2. The van der Waals surface area contributed by atoms with Gasteiger partial charge in [0.25, 0.3) is 0 Å². The van der Waals surface area contributed by atoms with Crippen molar-refractivity contribution >= 4 is 0 Å². The fourth-order valence-electron chi connectivity index (χ4n) is 4.63. The van der Waals surface area contributed by atoms with Gasteiger partial charge in [0.1, 0.15) is 6.10 Å². The molecule has 7 atom stereocenters. The molecule has 3 aliphatic rings. The standard InChI is InChI=1S/C23H36O6/c1-14-13-17(24)19-23(4,29-19)12-10-15-16(9-8-11-22(2,3)27-7)20(25-5)28-21(26-6)18(14)15/h8-9,11,15,17-21,24H,1,10,12-13H2,2-7H3. The molecule has 164 valence electrons. The number of hydrogen-bond acceptors (Lipinski definition) is 6. The second-order valence-electron chi connectivity index (χ2n) is 9.09. The van der Waals surface area contributed by atoms with Gasteiger partial charge in [0.2, 0.25) is 0 Å². The van der Waals surface area contributed by atoms with E-state index in [1.165, 1.54) is 0 Å². The maximum absolute atomic E-state index is 10.6. The van der Waals surface area contributed by atoms with Gasteiger partial charge in [-0.2, -0.15) is 0 Å². The molecule has 7 unspecified atom stereocenters. The SMILES string of the molecule is C=C1CC(O)C2OC2(C)CCC2C(=CC=CC(C)(C)OC)C(OC)OC(OC)C12. The molecule has 6 heteroatoms. The van der Waals surface area contributed by atoms with Gasteiger partial charge in [-0.1, -0.05) is 30.4 Å². The number of methoxy groups -OCH3 is 3. The number of epoxide rings is 1. The van der Waals surface area contributed by atoms with Crippen molar-refractivity contribution < 1.29 is 28.8 Å². The molecule has 0 bridgehead atoms. The van der Waals surface area contributed by atoms with E-state index < -0.39 is 18.7 Å². The minimum absolute atomic E-state index is 0.0581. The third-order valence-corrected chi connectivity index (χ3v) is 6.63. The summed E-state index contributed by atoms with van der Waals surface area (Å²) in [5.74, 6) is 0.0608. The predicted molar refractivity (Wildman–Crippen MR) is 110 cm³/mol. The Hall–Kier alpha value is -1.02. The average molecular weight is 409 g/mol. The molecule has 2 heterocycles. The van der Waals surface area contributed by atoms with Crippen molar-refractivity contribution in [1.82, 2.24) is 0 Å². The van der Waals surface area contributed by atoms with E-state index in [2.05, 4.69) is 19.6 Å². The normalized spacial score (nSPS) is 42.2. The lowest BCUT2D eigenvalue weighted by Crippen LogP contribution is -2.45. The van der Waals surface area contributed by atoms with Crippen molar-refractivity contribution in [2.45, 2.75) is 76.0 Å². The highest BCUT2D eigenvalue weighted by Gasteiger charge is 2.58. The molecule has 0 spiro atoms. The van der Waals surface area contributed by atoms with Crippen LogP contribution in [0.3, 0.4) is 0 Å². The lowest BCUT2D eigenvalue weighted by atomic mass is 9.74. The molecule has 29 heavy (non-hydrogen) atoms. The molecule has 0 aromatic rings. The Bertz CT molecular complexity index is 668. The summed E-state index contributed by atoms with van der Waals surface area (Å²) in [5.41, 5.74) is 1.33. The van der Waals surface area contributed by atoms with Crippen LogP contribution in [0, 0.1) is 11.8 Å². The van der Waals surface area contributed by atoms with Crippen LogP contribution >= 0.6 is 0 Å². The minimum atomic E-state index is -0.557. The molecule has 2 saturated heterocycles. The van der Waals surface area contributed by atoms with Crippen LogP contribution in [0.2, 0.25) is 0 Å². The molecule has 3 rings (SSSR count). The highest BCUT2D eigenvalue weighted by atomic mass is 16.8. The van der Waals surface area contributed by atoms with Crippen molar-refractivity contribution in [2.75, 3.05) is 21.3 Å². The Kier molecular flexibility index (Phi) is 6.73. The number of aliphatic hydroxyl groups excluding tert-OH is 1. The van der Waals surface area contributed by atoms with Gasteiger partial charge in [-0.25, -0.2) is 0 Å². The van der Waals surface area contributed by atoms with E-state index in [1.54, 1.807) is 21.3 Å². The summed E-state index contributed by atoms with van der Waals surface area (Å²) in [4.78, 5) is 0. The van der Waals surface area contributed by atoms with E-state index >= 15 is 0 Å². The van der Waals surface area contributed by atoms with E-state index in [1.807, 2.05) is 26.0 Å². The van der Waals surface area contributed by atoms with Crippen molar-refractivity contribution in [3.63, 3.8) is 0 Å². The zero-order valence-corrected chi connectivity index (χ0v) is 18.5. The van der Waals surface area contributed by atoms with Crippen LogP contribution in [0.1, 0.15) is 40.0 Å². The smallest absolute Gasteiger partial charge is 0.183 e. The second-order valence-corrected chi connectivity index (χ2v) is 9.09. The van der Waals surface area contributed by atoms with Crippen LogP contribution in [0.15, 0.2) is 36.0 Å². The van der Waals surface area contributed by atoms with Gasteiger partial charge >= 0.3 is 0 Å². The summed E-state index contributed by atoms with van der Waals surface area (Å²) >= 11 is 0. The first kappa shape index (κ1) is 22.7. The van der Waals surface area contributed by atoms with Crippen LogP contribution in [-0.2, 0) is 23.7 Å². The predicted octanol–water partition coefficient (Wildman–Crippen LogP) is 3.36. The molecule has 3 fully saturated rings. The average Bonchev–Trinajstić information content (AvgIpc) is 3.36. The Labute approximate surface area is 174 Å². The summed E-state index contributed by atoms with van der Waals surface area (Å²) < 4.78 is 28.8. The first-order chi connectivity index (χ1) is 13.7. The number of hydrogen-bond donors (Lipinski definition) is 1. The third kappa shape index (κ3) is 4.68. The van der Waals surface area contributed by atoms with Crippen molar-refractivity contribution in [3.05, 3.63) is 36.0 Å². The van der Waals surface area contributed by atoms with Gasteiger partial charge in [-0.05, 0) is 51.5 Å². The zero-order chi connectivity index (χ0) is 21.4. The summed E-state index contributed by atoms with van der Waals surface area (Å²) in [6, 6.07) is 0. The molecule has 0 amide bonds. The largest absolute Gasteiger partial charge is 0.390 e. The fraction of sp³-hybridized carbons (Fsp3) is 0.739. The Balaban J connectivity index is 1.96. The molecular formula is C23H36O6. The van der Waals surface area contributed by atoms with E-state index in [-0.39, 0.29) is 29.1 Å². The zero-order valence-electron chi connectivity index (χ0n) is 18.5. The van der Waals surface area contributed by atoms with Gasteiger partial charge < -0.3 is 28.8 Å². The third-order valence-electron chi connectivity index (χ3n) is 6.63. The molecule has 2 aliphatic heterocycles. The van der Waals surface area contributed by atoms with Crippen molar-refractivity contribution in [3.8, 4) is 0 Å². The monoisotopic (exact) mass is 408 g/mol. The van der Waals surface area contributed by atoms with E-state index in [0.717, 1.165) is 24.0 Å². The van der Waals surface area contributed by atoms with Crippen molar-refractivity contribution in [1.29, 1.82) is 0 Å². The highest BCUT2D eigenvalue weighted by Crippen LogP contribution is 2.51. The first-order valence-corrected chi connectivity index (χ1v) is 10.3. The molecule has 0 aromatic heterocycles. The van der Waals surface area contributed by atoms with Gasteiger partial charge in [-0.3, -0.25) is 0 Å². The maximum atomic E-state index is 10.6. The lowest BCUT2D eigenvalue weighted by molar-refractivity contribution is -0.257. The molecule has 0 aromatic carbocycles. The summed E-state index contributed by atoms with van der Waals surface area (Å²) in [5, 5.41) is 10.6. The van der Waals surface area contributed by atoms with E-state index in [9.17, 15) is 5.11 Å². The molecule has 0 radical (unpaired) electrons. The molecule has 1 saturated carbocycles. The summed E-state index contributed by atoms with van der Waals surface area (Å²) in [6.07, 6.45) is 6.62. The van der Waals surface area contributed by atoms with Crippen LogP contribution in [0.25, 0.3) is 0 Å².